The lowest BCUT2D eigenvalue weighted by atomic mass is 10.0. The average molecular weight is 266 g/mol. The van der Waals surface area contributed by atoms with E-state index in [1.807, 2.05) is 6.07 Å². The summed E-state index contributed by atoms with van der Waals surface area (Å²) in [7, 11) is 0. The summed E-state index contributed by atoms with van der Waals surface area (Å²) in [5.41, 5.74) is 0.103. The monoisotopic (exact) mass is 266 g/mol. The third kappa shape index (κ3) is 6.55. The number of amides is 1. The Kier molecular flexibility index (Phi) is 6.26. The van der Waals surface area contributed by atoms with Gasteiger partial charge < -0.3 is 10.6 Å². The molecule has 0 aromatic heterocycles. The Balaban J connectivity index is 2.44. The van der Waals surface area contributed by atoms with Crippen molar-refractivity contribution in [2.24, 2.45) is 0 Å². The second-order valence-electron chi connectivity index (χ2n) is 6.19. The van der Waals surface area contributed by atoms with Gasteiger partial charge in [-0.1, -0.05) is 6.42 Å². The summed E-state index contributed by atoms with van der Waals surface area (Å²) >= 11 is 0. The second-order valence-corrected chi connectivity index (χ2v) is 6.19. The van der Waals surface area contributed by atoms with Crippen LogP contribution in [0, 0.1) is 11.3 Å². The van der Waals surface area contributed by atoms with Crippen molar-refractivity contribution in [2.75, 3.05) is 26.2 Å². The summed E-state index contributed by atoms with van der Waals surface area (Å²) in [6.07, 6.45) is 3.51. The fourth-order valence-corrected chi connectivity index (χ4v) is 2.30. The Labute approximate surface area is 116 Å². The zero-order valence-electron chi connectivity index (χ0n) is 12.3. The zero-order valence-corrected chi connectivity index (χ0v) is 12.3. The maximum Gasteiger partial charge on any atom is 0.235 e. The number of nitrogens with one attached hydrogen (secondary N) is 2. The van der Waals surface area contributed by atoms with Gasteiger partial charge in [-0.15, -0.1) is 0 Å². The first-order chi connectivity index (χ1) is 8.92. The summed E-state index contributed by atoms with van der Waals surface area (Å²) in [5, 5.41) is 14.6. The molecule has 1 amide bonds. The van der Waals surface area contributed by atoms with Crippen LogP contribution in [0.4, 0.5) is 0 Å². The highest BCUT2D eigenvalue weighted by Crippen LogP contribution is 2.16. The number of nitrogens with zero attached hydrogens (tertiary/aromatic N) is 2. The Morgan fingerprint density at radius 1 is 1.42 bits per heavy atom. The molecule has 1 aliphatic rings. The molecule has 5 nitrogen and oxygen atoms in total. The first kappa shape index (κ1) is 15.9. The molecule has 1 saturated heterocycles. The Morgan fingerprint density at radius 2 is 2.16 bits per heavy atom. The molecule has 0 aromatic rings. The van der Waals surface area contributed by atoms with Gasteiger partial charge in [0.2, 0.25) is 5.91 Å². The number of rotatable bonds is 5. The van der Waals surface area contributed by atoms with Gasteiger partial charge in [0.15, 0.2) is 0 Å². The predicted octanol–water partition coefficient (Wildman–Crippen LogP) is 0.869. The molecule has 0 bridgehead atoms. The van der Waals surface area contributed by atoms with E-state index in [2.05, 4.69) is 36.3 Å². The number of nitriles is 1. The van der Waals surface area contributed by atoms with E-state index in [1.165, 1.54) is 6.42 Å². The van der Waals surface area contributed by atoms with Gasteiger partial charge in [0, 0.05) is 18.1 Å². The number of carbonyl (C=O) groups is 1. The minimum absolute atomic E-state index is 0.0517. The molecular formula is C14H26N4O. The van der Waals surface area contributed by atoms with E-state index in [-0.39, 0.29) is 18.0 Å². The van der Waals surface area contributed by atoms with E-state index >= 15 is 0 Å². The quantitative estimate of drug-likeness (QED) is 0.725. The van der Waals surface area contributed by atoms with Gasteiger partial charge in [0.25, 0.3) is 0 Å². The molecule has 2 N–H and O–H groups in total. The van der Waals surface area contributed by atoms with Crippen molar-refractivity contribution in [2.45, 2.75) is 51.6 Å². The van der Waals surface area contributed by atoms with Crippen molar-refractivity contribution in [1.29, 1.82) is 5.26 Å². The third-order valence-corrected chi connectivity index (χ3v) is 3.33. The van der Waals surface area contributed by atoms with Crippen LogP contribution in [-0.2, 0) is 4.79 Å². The van der Waals surface area contributed by atoms with Crippen LogP contribution in [0.15, 0.2) is 0 Å². The summed E-state index contributed by atoms with van der Waals surface area (Å²) in [6, 6.07) is 2.35. The van der Waals surface area contributed by atoms with Crippen LogP contribution in [-0.4, -0.2) is 48.6 Å². The number of hydrogen-bond donors (Lipinski definition) is 2. The van der Waals surface area contributed by atoms with E-state index in [1.54, 1.807) is 0 Å². The summed E-state index contributed by atoms with van der Waals surface area (Å²) < 4.78 is 0. The van der Waals surface area contributed by atoms with Crippen LogP contribution in [0.5, 0.6) is 0 Å². The van der Waals surface area contributed by atoms with Crippen molar-refractivity contribution in [3.05, 3.63) is 0 Å². The van der Waals surface area contributed by atoms with Gasteiger partial charge >= 0.3 is 0 Å². The van der Waals surface area contributed by atoms with Gasteiger partial charge in [-0.25, -0.2) is 0 Å². The third-order valence-electron chi connectivity index (χ3n) is 3.33. The van der Waals surface area contributed by atoms with E-state index in [0.717, 1.165) is 25.9 Å². The maximum atomic E-state index is 11.7. The van der Waals surface area contributed by atoms with Crippen molar-refractivity contribution in [1.82, 2.24) is 15.5 Å². The Morgan fingerprint density at radius 3 is 2.79 bits per heavy atom. The molecule has 1 aliphatic heterocycles. The number of piperidine rings is 1. The summed E-state index contributed by atoms with van der Waals surface area (Å²) in [4.78, 5) is 13.9. The van der Waals surface area contributed by atoms with Gasteiger partial charge in [0.1, 0.15) is 6.54 Å². The Hall–Kier alpha value is -1.12. The lowest BCUT2D eigenvalue weighted by Crippen LogP contribution is -2.52. The minimum Gasteiger partial charge on any atom is -0.342 e. The maximum absolute atomic E-state index is 11.7. The van der Waals surface area contributed by atoms with Gasteiger partial charge in [-0.3, -0.25) is 9.69 Å². The molecular weight excluding hydrogens is 240 g/mol. The van der Waals surface area contributed by atoms with Crippen molar-refractivity contribution >= 4 is 5.91 Å². The first-order valence-corrected chi connectivity index (χ1v) is 7.05. The van der Waals surface area contributed by atoms with E-state index in [0.29, 0.717) is 12.6 Å². The highest BCUT2D eigenvalue weighted by Gasteiger charge is 2.25. The number of likely N-dealkylation sites (tertiary alicyclic amines) is 1. The molecule has 0 radical (unpaired) electrons. The average Bonchev–Trinajstić information content (AvgIpc) is 2.34. The highest BCUT2D eigenvalue weighted by molar-refractivity contribution is 5.78. The van der Waals surface area contributed by atoms with Gasteiger partial charge in [-0.05, 0) is 40.2 Å². The molecule has 108 valence electrons. The topological polar surface area (TPSA) is 68.2 Å². The lowest BCUT2D eigenvalue weighted by molar-refractivity contribution is -0.122. The van der Waals surface area contributed by atoms with Gasteiger partial charge in [0.05, 0.1) is 12.6 Å². The summed E-state index contributed by atoms with van der Waals surface area (Å²) in [6.45, 7) is 8.83. The van der Waals surface area contributed by atoms with Crippen molar-refractivity contribution in [3.63, 3.8) is 0 Å². The van der Waals surface area contributed by atoms with Crippen molar-refractivity contribution in [3.8, 4) is 6.07 Å². The molecule has 1 atom stereocenters. The van der Waals surface area contributed by atoms with Crippen molar-refractivity contribution < 1.29 is 4.79 Å². The van der Waals surface area contributed by atoms with Crippen LogP contribution in [0.25, 0.3) is 0 Å². The molecule has 0 aliphatic carbocycles. The lowest BCUT2D eigenvalue weighted by Gasteiger charge is -2.37. The van der Waals surface area contributed by atoms with Crippen LogP contribution in [0.1, 0.15) is 40.0 Å². The fourth-order valence-electron chi connectivity index (χ4n) is 2.30. The first-order valence-electron chi connectivity index (χ1n) is 7.05. The van der Waals surface area contributed by atoms with E-state index in [4.69, 9.17) is 5.26 Å². The zero-order chi connectivity index (χ0) is 14.3. The largest absolute Gasteiger partial charge is 0.342 e. The molecule has 1 rings (SSSR count). The molecule has 0 saturated carbocycles. The van der Waals surface area contributed by atoms with Crippen LogP contribution < -0.4 is 10.6 Å². The number of hydrogen-bond acceptors (Lipinski definition) is 4. The Bertz CT molecular complexity index is 329. The minimum atomic E-state index is -0.0517. The molecule has 5 heteroatoms. The van der Waals surface area contributed by atoms with Crippen LogP contribution in [0.3, 0.4) is 0 Å². The number of carbonyl (C=O) groups excluding carboxylic acids is 1. The smallest absolute Gasteiger partial charge is 0.235 e. The standard InChI is InChI=1S/C14H26N4O/c1-14(2,3)17-10-12-6-4-5-9-18(12)11-13(19)16-8-7-15/h12,17H,4-6,8-11H2,1-3H3,(H,16,19). The fraction of sp³-hybridized carbons (Fsp3) is 0.857. The molecule has 0 spiro atoms. The van der Waals surface area contributed by atoms with E-state index < -0.39 is 0 Å². The van der Waals surface area contributed by atoms with Crippen LogP contribution >= 0.6 is 0 Å². The second kappa shape index (κ2) is 7.46. The molecule has 19 heavy (non-hydrogen) atoms. The SMILES string of the molecule is CC(C)(C)NCC1CCCCN1CC(=O)NCC#N. The highest BCUT2D eigenvalue weighted by atomic mass is 16.2. The molecule has 1 unspecified atom stereocenters. The molecule has 1 heterocycles. The predicted molar refractivity (Wildman–Crippen MR) is 75.6 cm³/mol. The van der Waals surface area contributed by atoms with Gasteiger partial charge in [-0.2, -0.15) is 5.26 Å². The normalized spacial score (nSPS) is 20.8. The van der Waals surface area contributed by atoms with E-state index in [9.17, 15) is 4.79 Å². The molecule has 0 aromatic carbocycles. The van der Waals surface area contributed by atoms with Crippen LogP contribution in [0.2, 0.25) is 0 Å². The molecule has 1 fully saturated rings. The summed E-state index contributed by atoms with van der Waals surface area (Å²) in [5.74, 6) is -0.0517.